The van der Waals surface area contributed by atoms with Crippen molar-refractivity contribution >= 4 is 11.9 Å². The van der Waals surface area contributed by atoms with E-state index in [0.717, 1.165) is 12.2 Å². The Morgan fingerprint density at radius 1 is 1.56 bits per heavy atom. The van der Waals surface area contributed by atoms with Gasteiger partial charge < -0.3 is 4.42 Å². The summed E-state index contributed by atoms with van der Waals surface area (Å²) < 4.78 is 5.30. The van der Waals surface area contributed by atoms with E-state index >= 15 is 0 Å². The SMILES string of the molecule is CCc1ccc(C(=O)Nc2n[nH]c(C)n2)o1. The lowest BCUT2D eigenvalue weighted by Crippen LogP contribution is -2.12. The third-order valence-corrected chi connectivity index (χ3v) is 2.06. The Morgan fingerprint density at radius 3 is 2.94 bits per heavy atom. The molecule has 6 nitrogen and oxygen atoms in total. The van der Waals surface area contributed by atoms with Crippen LogP contribution in [-0.2, 0) is 6.42 Å². The van der Waals surface area contributed by atoms with Gasteiger partial charge in [0, 0.05) is 6.42 Å². The Kier molecular flexibility index (Phi) is 2.72. The van der Waals surface area contributed by atoms with E-state index in [4.69, 9.17) is 4.42 Å². The van der Waals surface area contributed by atoms with Gasteiger partial charge in [-0.25, -0.2) is 0 Å². The van der Waals surface area contributed by atoms with Gasteiger partial charge in [-0.1, -0.05) is 6.92 Å². The summed E-state index contributed by atoms with van der Waals surface area (Å²) in [6, 6.07) is 3.41. The van der Waals surface area contributed by atoms with E-state index in [2.05, 4.69) is 20.5 Å². The lowest BCUT2D eigenvalue weighted by Gasteiger charge is -1.96. The molecule has 0 fully saturated rings. The van der Waals surface area contributed by atoms with E-state index in [1.54, 1.807) is 19.1 Å². The molecule has 0 aliphatic rings. The summed E-state index contributed by atoms with van der Waals surface area (Å²) in [5.41, 5.74) is 0. The Morgan fingerprint density at radius 2 is 2.38 bits per heavy atom. The van der Waals surface area contributed by atoms with Crippen LogP contribution >= 0.6 is 0 Å². The number of amides is 1. The van der Waals surface area contributed by atoms with Gasteiger partial charge in [-0.15, -0.1) is 5.10 Å². The van der Waals surface area contributed by atoms with Crippen LogP contribution in [0.15, 0.2) is 16.5 Å². The lowest BCUT2D eigenvalue weighted by molar-refractivity contribution is 0.0994. The molecule has 2 rings (SSSR count). The molecule has 16 heavy (non-hydrogen) atoms. The van der Waals surface area contributed by atoms with Crippen molar-refractivity contribution < 1.29 is 9.21 Å². The highest BCUT2D eigenvalue weighted by Gasteiger charge is 2.12. The van der Waals surface area contributed by atoms with Crippen molar-refractivity contribution in [3.05, 3.63) is 29.5 Å². The second kappa shape index (κ2) is 4.18. The van der Waals surface area contributed by atoms with Crippen LogP contribution in [0.1, 0.15) is 29.1 Å². The van der Waals surface area contributed by atoms with Crippen molar-refractivity contribution in [3.8, 4) is 0 Å². The first-order valence-corrected chi connectivity index (χ1v) is 4.98. The lowest BCUT2D eigenvalue weighted by atomic mass is 10.3. The summed E-state index contributed by atoms with van der Waals surface area (Å²) in [6.07, 6.45) is 0.757. The van der Waals surface area contributed by atoms with E-state index in [1.807, 2.05) is 6.92 Å². The Bertz CT molecular complexity index is 500. The van der Waals surface area contributed by atoms with E-state index in [1.165, 1.54) is 0 Å². The van der Waals surface area contributed by atoms with E-state index in [0.29, 0.717) is 5.82 Å². The van der Waals surface area contributed by atoms with Gasteiger partial charge in [0.05, 0.1) is 0 Å². The number of carbonyl (C=O) groups excluding carboxylic acids is 1. The van der Waals surface area contributed by atoms with Crippen LogP contribution in [0.4, 0.5) is 5.95 Å². The molecular formula is C10H12N4O2. The number of carbonyl (C=O) groups is 1. The number of nitrogens with zero attached hydrogens (tertiary/aromatic N) is 2. The molecule has 0 atom stereocenters. The highest BCUT2D eigenvalue weighted by molar-refractivity contribution is 6.01. The summed E-state index contributed by atoms with van der Waals surface area (Å²) in [4.78, 5) is 15.6. The van der Waals surface area contributed by atoms with Gasteiger partial charge in [0.15, 0.2) is 5.76 Å². The number of anilines is 1. The van der Waals surface area contributed by atoms with Crippen LogP contribution in [0.5, 0.6) is 0 Å². The number of aromatic nitrogens is 3. The number of nitrogens with one attached hydrogen (secondary N) is 2. The predicted octanol–water partition coefficient (Wildman–Crippen LogP) is 1.52. The zero-order valence-corrected chi connectivity index (χ0v) is 9.07. The van der Waals surface area contributed by atoms with Crippen molar-refractivity contribution in [2.45, 2.75) is 20.3 Å². The largest absolute Gasteiger partial charge is 0.456 e. The maximum Gasteiger partial charge on any atom is 0.293 e. The minimum absolute atomic E-state index is 0.247. The zero-order chi connectivity index (χ0) is 11.5. The first-order valence-electron chi connectivity index (χ1n) is 4.98. The first kappa shape index (κ1) is 10.4. The molecule has 0 saturated heterocycles. The number of hydrogen-bond acceptors (Lipinski definition) is 4. The van der Waals surface area contributed by atoms with Crippen LogP contribution in [0.2, 0.25) is 0 Å². The van der Waals surface area contributed by atoms with Crippen molar-refractivity contribution in [1.29, 1.82) is 0 Å². The van der Waals surface area contributed by atoms with Gasteiger partial charge in [-0.3, -0.25) is 15.2 Å². The minimum atomic E-state index is -0.348. The van der Waals surface area contributed by atoms with Gasteiger partial charge in [0.1, 0.15) is 11.6 Å². The molecule has 0 bridgehead atoms. The number of H-pyrrole nitrogens is 1. The number of aromatic amines is 1. The molecule has 1 amide bonds. The topological polar surface area (TPSA) is 83.8 Å². The van der Waals surface area contributed by atoms with Crippen molar-refractivity contribution in [1.82, 2.24) is 15.2 Å². The van der Waals surface area contributed by atoms with Gasteiger partial charge >= 0.3 is 0 Å². The van der Waals surface area contributed by atoms with E-state index in [9.17, 15) is 4.79 Å². The molecule has 0 radical (unpaired) electrons. The van der Waals surface area contributed by atoms with Crippen LogP contribution in [0.3, 0.4) is 0 Å². The predicted molar refractivity (Wildman–Crippen MR) is 57.2 cm³/mol. The van der Waals surface area contributed by atoms with Crippen LogP contribution in [-0.4, -0.2) is 21.1 Å². The average molecular weight is 220 g/mol. The van der Waals surface area contributed by atoms with Gasteiger partial charge in [-0.2, -0.15) is 4.98 Å². The summed E-state index contributed by atoms with van der Waals surface area (Å²) >= 11 is 0. The number of aryl methyl sites for hydroxylation is 2. The van der Waals surface area contributed by atoms with Gasteiger partial charge in [-0.05, 0) is 19.1 Å². The fraction of sp³-hybridized carbons (Fsp3) is 0.300. The quantitative estimate of drug-likeness (QED) is 0.821. The monoisotopic (exact) mass is 220 g/mol. The minimum Gasteiger partial charge on any atom is -0.456 e. The molecule has 2 N–H and O–H groups in total. The molecular weight excluding hydrogens is 208 g/mol. The van der Waals surface area contributed by atoms with E-state index in [-0.39, 0.29) is 17.6 Å². The smallest absolute Gasteiger partial charge is 0.293 e. The number of hydrogen-bond donors (Lipinski definition) is 2. The fourth-order valence-corrected chi connectivity index (χ4v) is 1.25. The summed E-state index contributed by atoms with van der Waals surface area (Å²) in [5.74, 6) is 1.58. The molecule has 0 unspecified atom stereocenters. The van der Waals surface area contributed by atoms with Crippen LogP contribution in [0.25, 0.3) is 0 Å². The molecule has 2 heterocycles. The fourth-order valence-electron chi connectivity index (χ4n) is 1.25. The molecule has 6 heteroatoms. The highest BCUT2D eigenvalue weighted by Crippen LogP contribution is 2.10. The van der Waals surface area contributed by atoms with Gasteiger partial charge in [0.2, 0.25) is 5.95 Å². The zero-order valence-electron chi connectivity index (χ0n) is 9.07. The molecule has 2 aromatic rings. The Labute approximate surface area is 92.1 Å². The number of furan rings is 1. The van der Waals surface area contributed by atoms with Gasteiger partial charge in [0.25, 0.3) is 5.91 Å². The Balaban J connectivity index is 2.08. The van der Waals surface area contributed by atoms with Crippen molar-refractivity contribution in [3.63, 3.8) is 0 Å². The van der Waals surface area contributed by atoms with Crippen LogP contribution in [0, 0.1) is 6.92 Å². The molecule has 2 aromatic heterocycles. The summed E-state index contributed by atoms with van der Waals surface area (Å²) in [6.45, 7) is 3.71. The standard InChI is InChI=1S/C10H12N4O2/c1-3-7-4-5-8(16-7)9(15)12-10-11-6(2)13-14-10/h4-5H,3H2,1-2H3,(H2,11,12,13,14,15). The first-order chi connectivity index (χ1) is 7.69. The number of rotatable bonds is 3. The maximum atomic E-state index is 11.7. The highest BCUT2D eigenvalue weighted by atomic mass is 16.3. The van der Waals surface area contributed by atoms with Crippen LogP contribution < -0.4 is 5.32 Å². The van der Waals surface area contributed by atoms with E-state index < -0.39 is 0 Å². The average Bonchev–Trinajstić information content (AvgIpc) is 2.87. The molecule has 0 saturated carbocycles. The third kappa shape index (κ3) is 2.10. The normalized spacial score (nSPS) is 10.4. The molecule has 0 aliphatic carbocycles. The van der Waals surface area contributed by atoms with Crippen molar-refractivity contribution in [2.75, 3.05) is 5.32 Å². The second-order valence-corrected chi connectivity index (χ2v) is 3.32. The summed E-state index contributed by atoms with van der Waals surface area (Å²) in [5, 5.41) is 8.96. The molecule has 84 valence electrons. The summed E-state index contributed by atoms with van der Waals surface area (Å²) in [7, 11) is 0. The molecule has 0 aromatic carbocycles. The molecule has 0 aliphatic heterocycles. The third-order valence-electron chi connectivity index (χ3n) is 2.06. The second-order valence-electron chi connectivity index (χ2n) is 3.32. The Hall–Kier alpha value is -2.11. The maximum absolute atomic E-state index is 11.7. The molecule has 0 spiro atoms. The van der Waals surface area contributed by atoms with Crippen molar-refractivity contribution in [2.24, 2.45) is 0 Å².